The molecular weight excluding hydrogens is 332 g/mol. The lowest BCUT2D eigenvalue weighted by Gasteiger charge is -2.26. The van der Waals surface area contributed by atoms with Crippen LogP contribution in [0.25, 0.3) is 0 Å². The second-order valence-electron chi connectivity index (χ2n) is 5.17. The van der Waals surface area contributed by atoms with Crippen molar-refractivity contribution < 1.29 is 19.1 Å². The average molecular weight is 347 g/mol. The molecule has 1 aliphatic rings. The molecule has 2 aromatic carbocycles. The third kappa shape index (κ3) is 3.97. The van der Waals surface area contributed by atoms with E-state index >= 15 is 0 Å². The maximum atomic E-state index is 11.9. The molecule has 0 saturated carbocycles. The molecule has 2 aromatic rings. The predicted octanol–water partition coefficient (Wildman–Crippen LogP) is 2.62. The summed E-state index contributed by atoms with van der Waals surface area (Å²) < 4.78 is 11.3. The van der Waals surface area contributed by atoms with E-state index in [1.165, 1.54) is 0 Å². The lowest BCUT2D eigenvalue weighted by atomic mass is 10.2. The molecule has 2 N–H and O–H groups in total. The van der Waals surface area contributed by atoms with Gasteiger partial charge in [-0.15, -0.1) is 0 Å². The first-order chi connectivity index (χ1) is 11.6. The molecule has 24 heavy (non-hydrogen) atoms. The van der Waals surface area contributed by atoms with E-state index in [2.05, 4.69) is 10.6 Å². The van der Waals surface area contributed by atoms with Gasteiger partial charge in [-0.05, 0) is 36.4 Å². The largest absolute Gasteiger partial charge is 0.486 e. The molecule has 0 bridgehead atoms. The zero-order valence-electron chi connectivity index (χ0n) is 12.6. The first kappa shape index (κ1) is 16.1. The van der Waals surface area contributed by atoms with Gasteiger partial charge in [0.25, 0.3) is 5.91 Å². The van der Waals surface area contributed by atoms with Gasteiger partial charge in [0.05, 0.1) is 6.54 Å². The molecule has 6 nitrogen and oxygen atoms in total. The molecule has 0 fully saturated rings. The summed E-state index contributed by atoms with van der Waals surface area (Å²) in [5.74, 6) is 0.805. The van der Waals surface area contributed by atoms with Crippen molar-refractivity contribution in [2.75, 3.05) is 13.2 Å². The minimum absolute atomic E-state index is 0.216. The smallest absolute Gasteiger partial charge is 0.321 e. The number of urea groups is 1. The number of amides is 3. The van der Waals surface area contributed by atoms with Crippen LogP contribution in [0.15, 0.2) is 48.5 Å². The maximum absolute atomic E-state index is 11.9. The van der Waals surface area contributed by atoms with E-state index in [0.717, 1.165) is 0 Å². The first-order valence-electron chi connectivity index (χ1n) is 7.35. The van der Waals surface area contributed by atoms with Crippen molar-refractivity contribution in [3.8, 4) is 11.5 Å². The van der Waals surface area contributed by atoms with E-state index in [1.807, 2.05) is 18.2 Å². The Balaban J connectivity index is 1.48. The summed E-state index contributed by atoms with van der Waals surface area (Å²) in [5.41, 5.74) is 0.348. The molecule has 3 amide bonds. The van der Waals surface area contributed by atoms with E-state index in [-0.39, 0.29) is 12.6 Å². The number of halogens is 1. The maximum Gasteiger partial charge on any atom is 0.321 e. The average Bonchev–Trinajstić information content (AvgIpc) is 2.60. The van der Waals surface area contributed by atoms with E-state index in [1.54, 1.807) is 30.3 Å². The molecule has 1 heterocycles. The number of hydrogen-bond acceptors (Lipinski definition) is 4. The number of fused-ring (bicyclic) bond motifs is 1. The molecule has 1 aliphatic heterocycles. The van der Waals surface area contributed by atoms with Crippen LogP contribution in [0.3, 0.4) is 0 Å². The Hall–Kier alpha value is -2.73. The van der Waals surface area contributed by atoms with Crippen molar-refractivity contribution in [2.24, 2.45) is 0 Å². The van der Waals surface area contributed by atoms with Crippen molar-refractivity contribution in [1.82, 2.24) is 10.6 Å². The van der Waals surface area contributed by atoms with Gasteiger partial charge < -0.3 is 14.8 Å². The number of carbonyl (C=O) groups is 2. The molecule has 0 unspecified atom stereocenters. The summed E-state index contributed by atoms with van der Waals surface area (Å²) in [6.45, 7) is 0.538. The fourth-order valence-corrected chi connectivity index (χ4v) is 2.32. The van der Waals surface area contributed by atoms with Crippen molar-refractivity contribution >= 4 is 23.5 Å². The van der Waals surface area contributed by atoms with Gasteiger partial charge in [-0.2, -0.15) is 0 Å². The van der Waals surface area contributed by atoms with Gasteiger partial charge in [0.2, 0.25) is 0 Å². The Morgan fingerprint density at radius 2 is 1.79 bits per heavy atom. The summed E-state index contributed by atoms with van der Waals surface area (Å²) in [5, 5.41) is 5.36. The summed E-state index contributed by atoms with van der Waals surface area (Å²) in [6, 6.07) is 13.0. The number of rotatable bonds is 3. The molecule has 1 atom stereocenters. The molecule has 0 spiro atoms. The van der Waals surface area contributed by atoms with Crippen molar-refractivity contribution in [3.05, 3.63) is 59.1 Å². The summed E-state index contributed by atoms with van der Waals surface area (Å²) in [6.07, 6.45) is -0.323. The van der Waals surface area contributed by atoms with Gasteiger partial charge in [-0.1, -0.05) is 23.7 Å². The van der Waals surface area contributed by atoms with Gasteiger partial charge >= 0.3 is 6.03 Å². The third-order valence-electron chi connectivity index (χ3n) is 3.39. The van der Waals surface area contributed by atoms with Crippen LogP contribution >= 0.6 is 11.6 Å². The number of hydrogen-bond donors (Lipinski definition) is 2. The molecule has 0 aliphatic carbocycles. The highest BCUT2D eigenvalue weighted by Crippen LogP contribution is 2.30. The number of carbonyl (C=O) groups excluding carboxylic acids is 2. The molecular formula is C17H15ClN2O4. The van der Waals surface area contributed by atoms with Gasteiger partial charge in [-0.25, -0.2) is 4.79 Å². The Morgan fingerprint density at radius 1 is 1.08 bits per heavy atom. The molecule has 7 heteroatoms. The zero-order chi connectivity index (χ0) is 16.9. The summed E-state index contributed by atoms with van der Waals surface area (Å²) >= 11 is 5.76. The normalized spacial score (nSPS) is 15.5. The van der Waals surface area contributed by atoms with Gasteiger partial charge in [0, 0.05) is 10.6 Å². The topological polar surface area (TPSA) is 76.7 Å². The predicted molar refractivity (Wildman–Crippen MR) is 88.7 cm³/mol. The Kier molecular flexibility index (Phi) is 4.86. The second kappa shape index (κ2) is 7.23. The fourth-order valence-electron chi connectivity index (χ4n) is 2.19. The monoisotopic (exact) mass is 346 g/mol. The Labute approximate surface area is 143 Å². The summed E-state index contributed by atoms with van der Waals surface area (Å²) in [4.78, 5) is 23.7. The standard InChI is InChI=1S/C17H15ClN2O4/c18-12-7-5-11(6-8-12)16(21)20-17(22)19-9-13-10-23-14-3-1-2-4-15(14)24-13/h1-8,13H,9-10H2,(H2,19,20,21,22)/t13-/m0/s1. The zero-order valence-corrected chi connectivity index (χ0v) is 13.4. The first-order valence-corrected chi connectivity index (χ1v) is 7.73. The Morgan fingerprint density at radius 3 is 2.54 bits per heavy atom. The number of para-hydroxylation sites is 2. The van der Waals surface area contributed by atoms with Crippen LogP contribution in [-0.4, -0.2) is 31.2 Å². The van der Waals surface area contributed by atoms with Crippen LogP contribution in [-0.2, 0) is 0 Å². The molecule has 0 radical (unpaired) electrons. The quantitative estimate of drug-likeness (QED) is 0.895. The SMILES string of the molecule is O=C(NC[C@H]1COc2ccccc2O1)NC(=O)c1ccc(Cl)cc1. The van der Waals surface area contributed by atoms with Crippen LogP contribution in [0.4, 0.5) is 4.79 Å². The molecule has 3 rings (SSSR count). The van der Waals surface area contributed by atoms with Crippen molar-refractivity contribution in [3.63, 3.8) is 0 Å². The van der Waals surface area contributed by atoms with Crippen LogP contribution in [0.1, 0.15) is 10.4 Å². The highest BCUT2D eigenvalue weighted by atomic mass is 35.5. The summed E-state index contributed by atoms with van der Waals surface area (Å²) in [7, 11) is 0. The number of imide groups is 1. The second-order valence-corrected chi connectivity index (χ2v) is 5.61. The number of nitrogens with one attached hydrogen (secondary N) is 2. The third-order valence-corrected chi connectivity index (χ3v) is 3.64. The van der Waals surface area contributed by atoms with Crippen LogP contribution in [0.5, 0.6) is 11.5 Å². The molecule has 0 saturated heterocycles. The number of ether oxygens (including phenoxy) is 2. The van der Waals surface area contributed by atoms with Gasteiger partial charge in [0.15, 0.2) is 17.6 Å². The van der Waals surface area contributed by atoms with Gasteiger partial charge in [0.1, 0.15) is 6.61 Å². The van der Waals surface area contributed by atoms with Gasteiger partial charge in [-0.3, -0.25) is 10.1 Å². The minimum atomic E-state index is -0.600. The highest BCUT2D eigenvalue weighted by Gasteiger charge is 2.21. The highest BCUT2D eigenvalue weighted by molar-refractivity contribution is 6.30. The minimum Gasteiger partial charge on any atom is -0.486 e. The van der Waals surface area contributed by atoms with Crippen LogP contribution in [0.2, 0.25) is 5.02 Å². The van der Waals surface area contributed by atoms with E-state index in [0.29, 0.717) is 28.7 Å². The lowest BCUT2D eigenvalue weighted by molar-refractivity contribution is 0.0900. The Bertz CT molecular complexity index is 749. The van der Waals surface area contributed by atoms with Crippen LogP contribution in [0, 0.1) is 0 Å². The van der Waals surface area contributed by atoms with E-state index < -0.39 is 11.9 Å². The van der Waals surface area contributed by atoms with E-state index in [9.17, 15) is 9.59 Å². The van der Waals surface area contributed by atoms with Crippen molar-refractivity contribution in [2.45, 2.75) is 6.10 Å². The molecule has 0 aromatic heterocycles. The number of benzene rings is 2. The lowest BCUT2D eigenvalue weighted by Crippen LogP contribution is -2.46. The van der Waals surface area contributed by atoms with E-state index in [4.69, 9.17) is 21.1 Å². The fraction of sp³-hybridized carbons (Fsp3) is 0.176. The van der Waals surface area contributed by atoms with Crippen LogP contribution < -0.4 is 20.1 Å². The van der Waals surface area contributed by atoms with Crippen molar-refractivity contribution in [1.29, 1.82) is 0 Å². The molecule has 124 valence electrons.